The molecule has 0 aliphatic rings. The number of hydrogen-bond acceptors (Lipinski definition) is 1. The summed E-state index contributed by atoms with van der Waals surface area (Å²) in [5.41, 5.74) is 0.942. The van der Waals surface area contributed by atoms with Crippen LogP contribution in [0.2, 0.25) is 0 Å². The highest BCUT2D eigenvalue weighted by molar-refractivity contribution is 5.36. The number of hydrogen-bond donors (Lipinski definition) is 0. The molecule has 0 saturated heterocycles. The van der Waals surface area contributed by atoms with Gasteiger partial charge in [-0.15, -0.1) is 0 Å². The first-order valence-corrected chi connectivity index (χ1v) is 2.75. The summed E-state index contributed by atoms with van der Waals surface area (Å²) in [4.78, 5) is 4.07. The van der Waals surface area contributed by atoms with Crippen molar-refractivity contribution < 1.29 is 0 Å². The zero-order chi connectivity index (χ0) is 6.10. The standard InChI is InChI=1S/C7H5N2/c1-3-7-8-4-2-6-9(7)5-1/h2-6H. The van der Waals surface area contributed by atoms with Gasteiger partial charge in [0, 0.05) is 24.7 Å². The van der Waals surface area contributed by atoms with Gasteiger partial charge in [-0.3, -0.25) is 0 Å². The van der Waals surface area contributed by atoms with Crippen molar-refractivity contribution in [3.63, 3.8) is 0 Å². The van der Waals surface area contributed by atoms with Crippen LogP contribution in [0.3, 0.4) is 0 Å². The molecule has 0 spiro atoms. The van der Waals surface area contributed by atoms with E-state index < -0.39 is 0 Å². The predicted octanol–water partition coefficient (Wildman–Crippen LogP) is 1.13. The minimum absolute atomic E-state index is 0.942. The Bertz CT molecular complexity index is 281. The van der Waals surface area contributed by atoms with Gasteiger partial charge in [0.05, 0.1) is 0 Å². The fraction of sp³-hybridized carbons (Fsp3) is 0. The molecule has 0 amide bonds. The average molecular weight is 117 g/mol. The van der Waals surface area contributed by atoms with Gasteiger partial charge in [-0.1, -0.05) is 0 Å². The molecule has 0 fully saturated rings. The van der Waals surface area contributed by atoms with Crippen LogP contribution in [-0.4, -0.2) is 9.38 Å². The summed E-state index contributed by atoms with van der Waals surface area (Å²) in [5.74, 6) is 0. The van der Waals surface area contributed by atoms with Crippen LogP contribution in [0.25, 0.3) is 5.65 Å². The second-order valence-corrected chi connectivity index (χ2v) is 1.83. The van der Waals surface area contributed by atoms with Gasteiger partial charge >= 0.3 is 0 Å². The molecule has 0 unspecified atom stereocenters. The van der Waals surface area contributed by atoms with Crippen molar-refractivity contribution in [2.24, 2.45) is 0 Å². The highest BCUT2D eigenvalue weighted by Gasteiger charge is 1.86. The van der Waals surface area contributed by atoms with Crippen LogP contribution in [0, 0.1) is 6.07 Å². The average Bonchev–Trinajstić information content (AvgIpc) is 2.33. The van der Waals surface area contributed by atoms with E-state index >= 15 is 0 Å². The minimum atomic E-state index is 0.942. The number of rotatable bonds is 0. The zero-order valence-electron chi connectivity index (χ0n) is 4.78. The third-order valence-corrected chi connectivity index (χ3v) is 1.23. The van der Waals surface area contributed by atoms with Gasteiger partial charge in [-0.25, -0.2) is 4.98 Å². The Labute approximate surface area is 52.8 Å². The van der Waals surface area contributed by atoms with Crippen LogP contribution in [0.5, 0.6) is 0 Å². The number of fused-ring (bicyclic) bond motifs is 1. The van der Waals surface area contributed by atoms with E-state index in [0.29, 0.717) is 0 Å². The molecule has 1 radical (unpaired) electrons. The Morgan fingerprint density at radius 3 is 3.44 bits per heavy atom. The lowest BCUT2D eigenvalue weighted by atomic mass is 10.6. The maximum Gasteiger partial charge on any atom is 0.137 e. The molecule has 0 aliphatic carbocycles. The summed E-state index contributed by atoms with van der Waals surface area (Å²) in [6.07, 6.45) is 5.56. The third kappa shape index (κ3) is 0.598. The fourth-order valence-corrected chi connectivity index (χ4v) is 0.807. The quantitative estimate of drug-likeness (QED) is 0.505. The predicted molar refractivity (Wildman–Crippen MR) is 34.0 cm³/mol. The summed E-state index contributed by atoms with van der Waals surface area (Å²) in [6, 6.07) is 6.68. The summed E-state index contributed by atoms with van der Waals surface area (Å²) in [7, 11) is 0. The second kappa shape index (κ2) is 1.58. The smallest absolute Gasteiger partial charge is 0.137 e. The Hall–Kier alpha value is -1.31. The Morgan fingerprint density at radius 2 is 2.56 bits per heavy atom. The summed E-state index contributed by atoms with van der Waals surface area (Å²) in [5, 5.41) is 0. The highest BCUT2D eigenvalue weighted by Crippen LogP contribution is 1.96. The van der Waals surface area contributed by atoms with Crippen molar-refractivity contribution in [3.8, 4) is 0 Å². The lowest BCUT2D eigenvalue weighted by Crippen LogP contribution is -1.80. The van der Waals surface area contributed by atoms with Gasteiger partial charge in [0.25, 0.3) is 0 Å². The fourth-order valence-electron chi connectivity index (χ4n) is 0.807. The molecule has 43 valence electrons. The van der Waals surface area contributed by atoms with E-state index in [9.17, 15) is 0 Å². The first-order valence-electron chi connectivity index (χ1n) is 2.75. The van der Waals surface area contributed by atoms with Crippen LogP contribution >= 0.6 is 0 Å². The Kier molecular flexibility index (Phi) is 0.803. The highest BCUT2D eigenvalue weighted by atomic mass is 14.9. The topological polar surface area (TPSA) is 17.3 Å². The molecule has 2 nitrogen and oxygen atoms in total. The Morgan fingerprint density at radius 1 is 1.56 bits per heavy atom. The molecule has 0 N–H and O–H groups in total. The van der Waals surface area contributed by atoms with E-state index in [0.717, 1.165) is 5.65 Å². The van der Waals surface area contributed by atoms with Crippen LogP contribution in [-0.2, 0) is 0 Å². The van der Waals surface area contributed by atoms with E-state index in [2.05, 4.69) is 11.1 Å². The van der Waals surface area contributed by atoms with Crippen molar-refractivity contribution in [2.45, 2.75) is 0 Å². The van der Waals surface area contributed by atoms with Gasteiger partial charge < -0.3 is 4.40 Å². The number of aromatic nitrogens is 2. The van der Waals surface area contributed by atoms with E-state index in [-0.39, 0.29) is 0 Å². The van der Waals surface area contributed by atoms with Gasteiger partial charge in [-0.2, -0.15) is 0 Å². The van der Waals surface area contributed by atoms with E-state index in [1.807, 2.05) is 28.9 Å². The van der Waals surface area contributed by atoms with E-state index in [1.165, 1.54) is 0 Å². The molecule has 0 saturated carbocycles. The molecule has 2 heterocycles. The van der Waals surface area contributed by atoms with Gasteiger partial charge in [0.1, 0.15) is 5.65 Å². The zero-order valence-corrected chi connectivity index (χ0v) is 4.78. The number of nitrogens with zero attached hydrogens (tertiary/aromatic N) is 2. The van der Waals surface area contributed by atoms with E-state index in [4.69, 9.17) is 0 Å². The monoisotopic (exact) mass is 117 g/mol. The molecular weight excluding hydrogens is 112 g/mol. The maximum absolute atomic E-state index is 4.07. The summed E-state index contributed by atoms with van der Waals surface area (Å²) >= 11 is 0. The first-order chi connectivity index (χ1) is 4.47. The summed E-state index contributed by atoms with van der Waals surface area (Å²) in [6.45, 7) is 0. The van der Waals surface area contributed by atoms with Crippen LogP contribution in [0.1, 0.15) is 0 Å². The van der Waals surface area contributed by atoms with Crippen molar-refractivity contribution in [3.05, 3.63) is 36.8 Å². The molecule has 0 atom stereocenters. The van der Waals surface area contributed by atoms with Crippen LogP contribution < -0.4 is 0 Å². The molecule has 0 aromatic carbocycles. The third-order valence-electron chi connectivity index (χ3n) is 1.23. The molecule has 0 aliphatic heterocycles. The van der Waals surface area contributed by atoms with Gasteiger partial charge in [0.2, 0.25) is 0 Å². The molecule has 2 aromatic heterocycles. The van der Waals surface area contributed by atoms with Crippen LogP contribution in [0.4, 0.5) is 0 Å². The SMILES string of the molecule is [c]1cc2ncccn2c1. The van der Waals surface area contributed by atoms with Crippen molar-refractivity contribution >= 4 is 5.65 Å². The van der Waals surface area contributed by atoms with Crippen molar-refractivity contribution in [1.29, 1.82) is 0 Å². The minimum Gasteiger partial charge on any atom is -0.308 e. The molecule has 0 bridgehead atoms. The largest absolute Gasteiger partial charge is 0.308 e. The van der Waals surface area contributed by atoms with Gasteiger partial charge in [-0.05, 0) is 12.1 Å². The Balaban J connectivity index is 2.95. The van der Waals surface area contributed by atoms with Crippen LogP contribution in [0.15, 0.2) is 30.7 Å². The second-order valence-electron chi connectivity index (χ2n) is 1.83. The van der Waals surface area contributed by atoms with E-state index in [1.54, 1.807) is 6.20 Å². The molecule has 9 heavy (non-hydrogen) atoms. The normalized spacial score (nSPS) is 10.2. The molecule has 2 rings (SSSR count). The van der Waals surface area contributed by atoms with Gasteiger partial charge in [0.15, 0.2) is 0 Å². The van der Waals surface area contributed by atoms with Crippen molar-refractivity contribution in [2.75, 3.05) is 0 Å². The maximum atomic E-state index is 4.07. The molecule has 2 aromatic rings. The first kappa shape index (κ1) is 4.56. The van der Waals surface area contributed by atoms with Crippen molar-refractivity contribution in [1.82, 2.24) is 9.38 Å². The molecular formula is C7H5N2. The lowest BCUT2D eigenvalue weighted by molar-refractivity contribution is 1.13. The lowest BCUT2D eigenvalue weighted by Gasteiger charge is -1.87. The summed E-state index contributed by atoms with van der Waals surface area (Å²) < 4.78 is 1.92. The molecule has 2 heteroatoms.